The monoisotopic (exact) mass is 455 g/mol. The second-order valence-electron chi connectivity index (χ2n) is 11.0. The molecular formula is C26H37N3O4. The Labute approximate surface area is 197 Å². The van der Waals surface area contributed by atoms with Crippen LogP contribution in [0.3, 0.4) is 0 Å². The Morgan fingerprint density at radius 3 is 2.15 bits per heavy atom. The van der Waals surface area contributed by atoms with E-state index in [-0.39, 0.29) is 29.7 Å². The highest BCUT2D eigenvalue weighted by atomic mass is 16.5. The van der Waals surface area contributed by atoms with Crippen molar-refractivity contribution in [3.05, 3.63) is 35.4 Å². The topological polar surface area (TPSA) is 70.2 Å². The van der Waals surface area contributed by atoms with Crippen LogP contribution in [0, 0.1) is 12.3 Å². The third-order valence-corrected chi connectivity index (χ3v) is 7.06. The fraction of sp³-hybridized carbons (Fsp3) is 0.654. The predicted octanol–water partition coefficient (Wildman–Crippen LogP) is 3.21. The molecule has 0 bridgehead atoms. The molecule has 7 nitrogen and oxygen atoms in total. The molecule has 1 spiro atoms. The zero-order valence-electron chi connectivity index (χ0n) is 20.4. The summed E-state index contributed by atoms with van der Waals surface area (Å²) in [7, 11) is 0. The van der Waals surface area contributed by atoms with Gasteiger partial charge in [0.25, 0.3) is 5.91 Å². The van der Waals surface area contributed by atoms with Crippen LogP contribution in [0.15, 0.2) is 24.3 Å². The lowest BCUT2D eigenvalue weighted by Gasteiger charge is -2.45. The number of aryl methyl sites for hydroxylation is 1. The molecule has 0 saturated carbocycles. The molecule has 0 radical (unpaired) electrons. The smallest absolute Gasteiger partial charge is 0.256 e. The third-order valence-electron chi connectivity index (χ3n) is 7.06. The number of nitrogens with zero attached hydrogens (tertiary/aromatic N) is 3. The van der Waals surface area contributed by atoms with Crippen LogP contribution in [0.4, 0.5) is 0 Å². The van der Waals surface area contributed by atoms with Gasteiger partial charge in [-0.1, -0.05) is 38.5 Å². The van der Waals surface area contributed by atoms with Crippen LogP contribution < -0.4 is 0 Å². The minimum Gasteiger partial charge on any atom is -0.353 e. The molecule has 4 rings (SSSR count). The van der Waals surface area contributed by atoms with Crippen molar-refractivity contribution in [1.29, 1.82) is 0 Å². The first-order valence-corrected chi connectivity index (χ1v) is 12.2. The van der Waals surface area contributed by atoms with Gasteiger partial charge in [0.15, 0.2) is 0 Å². The number of amides is 3. The molecule has 1 atom stereocenters. The third kappa shape index (κ3) is 4.93. The largest absolute Gasteiger partial charge is 0.353 e. The number of likely N-dealkylation sites (tertiary alicyclic amines) is 2. The van der Waals surface area contributed by atoms with Gasteiger partial charge in [-0.3, -0.25) is 19.3 Å². The summed E-state index contributed by atoms with van der Waals surface area (Å²) in [6, 6.07) is 6.87. The highest BCUT2D eigenvalue weighted by Crippen LogP contribution is 2.39. The van der Waals surface area contributed by atoms with Gasteiger partial charge in [-0.2, -0.15) is 0 Å². The van der Waals surface area contributed by atoms with Crippen LogP contribution in [0.25, 0.3) is 0 Å². The fourth-order valence-corrected chi connectivity index (χ4v) is 5.21. The number of hydrogen-bond donors (Lipinski definition) is 0. The van der Waals surface area contributed by atoms with Gasteiger partial charge >= 0.3 is 0 Å². The zero-order valence-corrected chi connectivity index (χ0v) is 20.4. The molecule has 33 heavy (non-hydrogen) atoms. The van der Waals surface area contributed by atoms with E-state index in [2.05, 4.69) is 20.8 Å². The highest BCUT2D eigenvalue weighted by molar-refractivity contribution is 5.98. The summed E-state index contributed by atoms with van der Waals surface area (Å²) >= 11 is 0. The molecule has 3 amide bonds. The van der Waals surface area contributed by atoms with Gasteiger partial charge in [0.2, 0.25) is 11.8 Å². The van der Waals surface area contributed by atoms with E-state index in [4.69, 9.17) is 4.74 Å². The molecule has 1 unspecified atom stereocenters. The Hall–Kier alpha value is -2.41. The van der Waals surface area contributed by atoms with Gasteiger partial charge in [-0.15, -0.1) is 0 Å². The SMILES string of the molecule is Cc1ccc(C(=O)N2C(C(=O)N3CCCC3)COC23CCN(C(=O)CC(C)(C)C)CC3)cc1. The normalized spacial score (nSPS) is 22.8. The number of carbonyl (C=O) groups is 3. The molecule has 0 aliphatic carbocycles. The van der Waals surface area contributed by atoms with Gasteiger partial charge in [0, 0.05) is 51.0 Å². The Balaban J connectivity index is 1.57. The summed E-state index contributed by atoms with van der Waals surface area (Å²) in [4.78, 5) is 45.4. The summed E-state index contributed by atoms with van der Waals surface area (Å²) in [6.45, 7) is 10.9. The zero-order chi connectivity index (χ0) is 23.8. The summed E-state index contributed by atoms with van der Waals surface area (Å²) in [6.07, 6.45) is 3.53. The van der Waals surface area contributed by atoms with Crippen molar-refractivity contribution in [3.8, 4) is 0 Å². The molecule has 3 heterocycles. The maximum absolute atomic E-state index is 13.8. The number of ether oxygens (including phenoxy) is 1. The molecule has 3 saturated heterocycles. The van der Waals surface area contributed by atoms with Crippen LogP contribution in [0.1, 0.15) is 68.8 Å². The molecule has 3 fully saturated rings. The lowest BCUT2D eigenvalue weighted by Crippen LogP contribution is -2.60. The maximum Gasteiger partial charge on any atom is 0.256 e. The molecule has 1 aromatic carbocycles. The number of hydrogen-bond acceptors (Lipinski definition) is 4. The Morgan fingerprint density at radius 1 is 0.970 bits per heavy atom. The quantitative estimate of drug-likeness (QED) is 0.702. The van der Waals surface area contributed by atoms with E-state index in [1.807, 2.05) is 41.0 Å². The van der Waals surface area contributed by atoms with Crippen LogP contribution >= 0.6 is 0 Å². The minimum atomic E-state index is -0.847. The standard InChI is InChI=1S/C26H37N3O4/c1-19-7-9-20(10-8-19)23(31)29-21(24(32)28-13-5-6-14-28)18-33-26(29)11-15-27(16-12-26)22(30)17-25(2,3)4/h7-10,21H,5-6,11-18H2,1-4H3. The van der Waals surface area contributed by atoms with E-state index in [9.17, 15) is 14.4 Å². The molecule has 1 aromatic rings. The first-order chi connectivity index (χ1) is 15.6. The Kier molecular flexibility index (Phi) is 6.54. The van der Waals surface area contributed by atoms with Crippen molar-refractivity contribution in [2.24, 2.45) is 5.41 Å². The van der Waals surface area contributed by atoms with Crippen molar-refractivity contribution in [3.63, 3.8) is 0 Å². The van der Waals surface area contributed by atoms with E-state index < -0.39 is 11.8 Å². The minimum absolute atomic E-state index is 0.0175. The Morgan fingerprint density at radius 2 is 1.58 bits per heavy atom. The van der Waals surface area contributed by atoms with Crippen LogP contribution in [0.5, 0.6) is 0 Å². The maximum atomic E-state index is 13.8. The lowest BCUT2D eigenvalue weighted by molar-refractivity contribution is -0.146. The highest BCUT2D eigenvalue weighted by Gasteiger charge is 2.55. The molecule has 0 aromatic heterocycles. The summed E-state index contributed by atoms with van der Waals surface area (Å²) in [5, 5.41) is 0. The van der Waals surface area contributed by atoms with E-state index in [0.717, 1.165) is 31.5 Å². The summed E-state index contributed by atoms with van der Waals surface area (Å²) in [5.74, 6) is -0.0490. The van der Waals surface area contributed by atoms with Crippen molar-refractivity contribution in [2.45, 2.75) is 71.6 Å². The number of piperidine rings is 1. The lowest BCUT2D eigenvalue weighted by atomic mass is 9.90. The van der Waals surface area contributed by atoms with Crippen molar-refractivity contribution >= 4 is 17.7 Å². The fourth-order valence-electron chi connectivity index (χ4n) is 5.21. The molecule has 0 N–H and O–H groups in total. The number of rotatable bonds is 3. The molecule has 7 heteroatoms. The van der Waals surface area contributed by atoms with Gasteiger partial charge in [0.1, 0.15) is 11.8 Å². The predicted molar refractivity (Wildman–Crippen MR) is 126 cm³/mol. The van der Waals surface area contributed by atoms with Gasteiger partial charge in [-0.25, -0.2) is 0 Å². The van der Waals surface area contributed by atoms with Gasteiger partial charge in [0.05, 0.1) is 6.61 Å². The van der Waals surface area contributed by atoms with E-state index >= 15 is 0 Å². The summed E-state index contributed by atoms with van der Waals surface area (Å²) in [5.41, 5.74) is 0.724. The van der Waals surface area contributed by atoms with Crippen LogP contribution in [-0.4, -0.2) is 77.0 Å². The van der Waals surface area contributed by atoms with Crippen molar-refractivity contribution in [1.82, 2.24) is 14.7 Å². The molecule has 3 aliphatic heterocycles. The average molecular weight is 456 g/mol. The second-order valence-corrected chi connectivity index (χ2v) is 11.0. The van der Waals surface area contributed by atoms with Gasteiger partial charge in [-0.05, 0) is 37.3 Å². The van der Waals surface area contributed by atoms with Crippen LogP contribution in [-0.2, 0) is 14.3 Å². The van der Waals surface area contributed by atoms with Gasteiger partial charge < -0.3 is 14.5 Å². The van der Waals surface area contributed by atoms with Crippen molar-refractivity contribution < 1.29 is 19.1 Å². The number of carbonyl (C=O) groups excluding carboxylic acids is 3. The van der Waals surface area contributed by atoms with E-state index in [1.54, 1.807) is 4.90 Å². The number of benzene rings is 1. The average Bonchev–Trinajstić information content (AvgIpc) is 3.41. The van der Waals surface area contributed by atoms with E-state index in [1.165, 1.54) is 0 Å². The van der Waals surface area contributed by atoms with E-state index in [0.29, 0.717) is 37.9 Å². The Bertz CT molecular complexity index is 891. The molecular weight excluding hydrogens is 418 g/mol. The second kappa shape index (κ2) is 9.09. The van der Waals surface area contributed by atoms with Crippen molar-refractivity contribution in [2.75, 3.05) is 32.8 Å². The molecule has 3 aliphatic rings. The van der Waals surface area contributed by atoms with Crippen LogP contribution in [0.2, 0.25) is 0 Å². The first-order valence-electron chi connectivity index (χ1n) is 12.2. The first kappa shape index (κ1) is 23.7. The molecule has 180 valence electrons. The summed E-state index contributed by atoms with van der Waals surface area (Å²) < 4.78 is 6.30.